The quantitative estimate of drug-likeness (QED) is 0.628. The molecular formula is C18H16O2. The summed E-state index contributed by atoms with van der Waals surface area (Å²) in [5, 5.41) is 0.985. The van der Waals surface area contributed by atoms with E-state index in [2.05, 4.69) is 12.1 Å². The van der Waals surface area contributed by atoms with E-state index in [9.17, 15) is 4.79 Å². The lowest BCUT2D eigenvalue weighted by Crippen LogP contribution is -1.98. The minimum absolute atomic E-state index is 0.0807. The molecule has 0 fully saturated rings. The maximum Gasteiger partial charge on any atom is 0.198 e. The van der Waals surface area contributed by atoms with Crippen molar-refractivity contribution in [1.29, 1.82) is 0 Å². The zero-order valence-corrected chi connectivity index (χ0v) is 11.2. The predicted molar refractivity (Wildman–Crippen MR) is 79.9 cm³/mol. The van der Waals surface area contributed by atoms with Crippen molar-refractivity contribution in [2.75, 3.05) is 0 Å². The Balaban J connectivity index is 1.61. The fourth-order valence-electron chi connectivity index (χ4n) is 2.34. The highest BCUT2D eigenvalue weighted by molar-refractivity contribution is 5.97. The summed E-state index contributed by atoms with van der Waals surface area (Å²) in [6, 6.07) is 19.8. The van der Waals surface area contributed by atoms with E-state index in [1.54, 1.807) is 0 Å². The number of carbonyl (C=O) groups is 1. The molecule has 2 heteroatoms. The predicted octanol–water partition coefficient (Wildman–Crippen LogP) is 4.64. The van der Waals surface area contributed by atoms with Gasteiger partial charge in [0.2, 0.25) is 0 Å². The van der Waals surface area contributed by atoms with Crippen molar-refractivity contribution in [2.45, 2.75) is 19.3 Å². The Labute approximate surface area is 118 Å². The molecule has 0 saturated carbocycles. The van der Waals surface area contributed by atoms with E-state index < -0.39 is 0 Å². The van der Waals surface area contributed by atoms with E-state index in [0.717, 1.165) is 23.8 Å². The number of hydrogen-bond donors (Lipinski definition) is 0. The summed E-state index contributed by atoms with van der Waals surface area (Å²) >= 11 is 0. The van der Waals surface area contributed by atoms with Crippen molar-refractivity contribution in [3.63, 3.8) is 0 Å². The first-order chi connectivity index (χ1) is 9.83. The highest BCUT2D eigenvalue weighted by atomic mass is 16.3. The lowest BCUT2D eigenvalue weighted by Gasteiger charge is -1.99. The van der Waals surface area contributed by atoms with Crippen LogP contribution in [0.15, 0.2) is 65.1 Å². The number of hydrogen-bond acceptors (Lipinski definition) is 2. The van der Waals surface area contributed by atoms with Gasteiger partial charge in [0.25, 0.3) is 0 Å². The van der Waals surface area contributed by atoms with Crippen LogP contribution in [-0.2, 0) is 6.42 Å². The number of benzene rings is 2. The summed E-state index contributed by atoms with van der Waals surface area (Å²) in [6.45, 7) is 0. The van der Waals surface area contributed by atoms with Gasteiger partial charge >= 0.3 is 0 Å². The summed E-state index contributed by atoms with van der Waals surface area (Å²) in [5.74, 6) is 0.552. The molecule has 0 radical (unpaired) electrons. The minimum atomic E-state index is 0.0807. The highest BCUT2D eigenvalue weighted by Crippen LogP contribution is 2.20. The molecule has 0 atom stereocenters. The molecule has 0 aliphatic heterocycles. The fraction of sp³-hybridized carbons (Fsp3) is 0.167. The maximum atomic E-state index is 12.1. The molecule has 100 valence electrons. The van der Waals surface area contributed by atoms with E-state index in [1.165, 1.54) is 5.56 Å². The van der Waals surface area contributed by atoms with E-state index in [4.69, 9.17) is 4.42 Å². The van der Waals surface area contributed by atoms with Crippen LogP contribution in [0.1, 0.15) is 29.0 Å². The summed E-state index contributed by atoms with van der Waals surface area (Å²) in [5.41, 5.74) is 2.05. The Kier molecular flexibility index (Phi) is 3.64. The molecule has 0 unspecified atom stereocenters. The second-order valence-electron chi connectivity index (χ2n) is 4.91. The molecule has 0 spiro atoms. The number of rotatable bonds is 5. The van der Waals surface area contributed by atoms with E-state index in [-0.39, 0.29) is 5.78 Å². The second-order valence-corrected chi connectivity index (χ2v) is 4.91. The number of carbonyl (C=O) groups excluding carboxylic acids is 1. The van der Waals surface area contributed by atoms with Crippen molar-refractivity contribution in [1.82, 2.24) is 0 Å². The van der Waals surface area contributed by atoms with Gasteiger partial charge in [0.05, 0.1) is 0 Å². The molecule has 1 heterocycles. The van der Waals surface area contributed by atoms with Gasteiger partial charge in [0.1, 0.15) is 5.58 Å². The van der Waals surface area contributed by atoms with Crippen molar-refractivity contribution in [3.05, 3.63) is 72.0 Å². The molecule has 0 N–H and O–H groups in total. The molecule has 0 aliphatic carbocycles. The topological polar surface area (TPSA) is 30.2 Å². The lowest BCUT2D eigenvalue weighted by molar-refractivity contribution is 0.0955. The van der Waals surface area contributed by atoms with Crippen LogP contribution in [0.5, 0.6) is 0 Å². The average Bonchev–Trinajstić information content (AvgIpc) is 2.92. The molecule has 3 aromatic rings. The van der Waals surface area contributed by atoms with Crippen LogP contribution in [0.3, 0.4) is 0 Å². The third kappa shape index (κ3) is 2.80. The van der Waals surface area contributed by atoms with Crippen LogP contribution in [0.2, 0.25) is 0 Å². The Morgan fingerprint density at radius 1 is 0.950 bits per heavy atom. The van der Waals surface area contributed by atoms with Crippen molar-refractivity contribution < 1.29 is 9.21 Å². The zero-order chi connectivity index (χ0) is 13.8. The van der Waals surface area contributed by atoms with Crippen LogP contribution in [0, 0.1) is 0 Å². The highest BCUT2D eigenvalue weighted by Gasteiger charge is 2.11. The Morgan fingerprint density at radius 3 is 2.50 bits per heavy atom. The Bertz CT molecular complexity index is 677. The number of aryl methyl sites for hydroxylation is 1. The summed E-state index contributed by atoms with van der Waals surface area (Å²) in [4.78, 5) is 12.1. The van der Waals surface area contributed by atoms with Gasteiger partial charge in [-0.05, 0) is 30.5 Å². The average molecular weight is 264 g/mol. The van der Waals surface area contributed by atoms with Gasteiger partial charge in [0, 0.05) is 11.8 Å². The summed E-state index contributed by atoms with van der Waals surface area (Å²) < 4.78 is 5.58. The largest absolute Gasteiger partial charge is 0.453 e. The van der Waals surface area contributed by atoms with Gasteiger partial charge in [0.15, 0.2) is 11.5 Å². The molecule has 20 heavy (non-hydrogen) atoms. The Morgan fingerprint density at radius 2 is 1.70 bits per heavy atom. The van der Waals surface area contributed by atoms with Gasteiger partial charge in [-0.25, -0.2) is 0 Å². The van der Waals surface area contributed by atoms with Crippen LogP contribution >= 0.6 is 0 Å². The number of Topliss-reactive ketones (excluding diaryl/α,β-unsaturated/α-hetero) is 1. The van der Waals surface area contributed by atoms with Gasteiger partial charge in [-0.3, -0.25) is 4.79 Å². The van der Waals surface area contributed by atoms with Crippen LogP contribution < -0.4 is 0 Å². The SMILES string of the molecule is O=C(CCCc1ccccc1)c1cc2ccccc2o1. The summed E-state index contributed by atoms with van der Waals surface area (Å²) in [6.07, 6.45) is 2.29. The zero-order valence-electron chi connectivity index (χ0n) is 11.2. The summed E-state index contributed by atoms with van der Waals surface area (Å²) in [7, 11) is 0. The van der Waals surface area contributed by atoms with Gasteiger partial charge in [-0.15, -0.1) is 0 Å². The maximum absolute atomic E-state index is 12.1. The number of furan rings is 1. The smallest absolute Gasteiger partial charge is 0.198 e. The molecule has 2 aromatic carbocycles. The van der Waals surface area contributed by atoms with Gasteiger partial charge < -0.3 is 4.42 Å². The Hall–Kier alpha value is -2.35. The minimum Gasteiger partial charge on any atom is -0.453 e. The monoisotopic (exact) mass is 264 g/mol. The first kappa shape index (κ1) is 12.7. The number of ketones is 1. The number of para-hydroxylation sites is 1. The molecule has 3 rings (SSSR count). The van der Waals surface area contributed by atoms with Crippen molar-refractivity contribution in [3.8, 4) is 0 Å². The first-order valence-electron chi connectivity index (χ1n) is 6.88. The van der Waals surface area contributed by atoms with Crippen LogP contribution in [0.4, 0.5) is 0 Å². The molecule has 0 aliphatic rings. The third-order valence-electron chi connectivity index (χ3n) is 3.41. The van der Waals surface area contributed by atoms with E-state index >= 15 is 0 Å². The number of fused-ring (bicyclic) bond motifs is 1. The molecule has 2 nitrogen and oxygen atoms in total. The molecule has 1 aromatic heterocycles. The molecule has 0 saturated heterocycles. The lowest BCUT2D eigenvalue weighted by atomic mass is 10.1. The van der Waals surface area contributed by atoms with Crippen molar-refractivity contribution >= 4 is 16.8 Å². The van der Waals surface area contributed by atoms with Crippen LogP contribution in [0.25, 0.3) is 11.0 Å². The van der Waals surface area contributed by atoms with Gasteiger partial charge in [-0.2, -0.15) is 0 Å². The van der Waals surface area contributed by atoms with E-state index in [0.29, 0.717) is 12.2 Å². The standard InChI is InChI=1S/C18H16O2/c19-16(11-6-9-14-7-2-1-3-8-14)18-13-15-10-4-5-12-17(15)20-18/h1-5,7-8,10,12-13H,6,9,11H2. The second kappa shape index (κ2) is 5.74. The molecule has 0 amide bonds. The van der Waals surface area contributed by atoms with E-state index in [1.807, 2.05) is 48.5 Å². The fourth-order valence-corrected chi connectivity index (χ4v) is 2.34. The first-order valence-corrected chi connectivity index (χ1v) is 6.88. The van der Waals surface area contributed by atoms with Crippen LogP contribution in [-0.4, -0.2) is 5.78 Å². The molecule has 0 bridgehead atoms. The third-order valence-corrected chi connectivity index (χ3v) is 3.41. The molecular weight excluding hydrogens is 248 g/mol. The van der Waals surface area contributed by atoms with Gasteiger partial charge in [-0.1, -0.05) is 48.5 Å². The normalized spacial score (nSPS) is 10.8. The van der Waals surface area contributed by atoms with Crippen molar-refractivity contribution in [2.24, 2.45) is 0 Å².